The van der Waals surface area contributed by atoms with Crippen LogP contribution in [0.5, 0.6) is 0 Å². The second-order valence-corrected chi connectivity index (χ2v) is 8.42. The second kappa shape index (κ2) is 6.67. The fraction of sp³-hybridized carbons (Fsp3) is 0.684. The molecule has 1 saturated carbocycles. The summed E-state index contributed by atoms with van der Waals surface area (Å²) in [7, 11) is 0. The zero-order chi connectivity index (χ0) is 19.1. The zero-order valence-corrected chi connectivity index (χ0v) is 15.5. The molecular formula is C19H26F2N2O3. The third kappa shape index (κ3) is 3.62. The van der Waals surface area contributed by atoms with Gasteiger partial charge in [0, 0.05) is 25.0 Å². The van der Waals surface area contributed by atoms with Crippen molar-refractivity contribution in [2.75, 3.05) is 6.54 Å². The van der Waals surface area contributed by atoms with Crippen molar-refractivity contribution in [2.24, 2.45) is 5.92 Å². The van der Waals surface area contributed by atoms with Gasteiger partial charge in [-0.3, -0.25) is 9.69 Å². The van der Waals surface area contributed by atoms with E-state index in [0.717, 1.165) is 18.9 Å². The number of halogens is 2. The molecule has 3 aliphatic rings. The van der Waals surface area contributed by atoms with Crippen LogP contribution in [0.15, 0.2) is 23.8 Å². The average Bonchev–Trinajstić information content (AvgIpc) is 2.97. The number of rotatable bonds is 1. The molecule has 2 aliphatic carbocycles. The van der Waals surface area contributed by atoms with Gasteiger partial charge >= 0.3 is 6.09 Å². The third-order valence-electron chi connectivity index (χ3n) is 5.30. The highest BCUT2D eigenvalue weighted by Crippen LogP contribution is 2.40. The first kappa shape index (κ1) is 18.9. The van der Waals surface area contributed by atoms with Crippen molar-refractivity contribution in [1.82, 2.24) is 10.2 Å². The van der Waals surface area contributed by atoms with Crippen LogP contribution in [0, 0.1) is 5.92 Å². The Labute approximate surface area is 152 Å². The molecule has 0 aromatic carbocycles. The minimum Gasteiger partial charge on any atom is -0.444 e. The van der Waals surface area contributed by atoms with E-state index in [9.17, 15) is 18.4 Å². The van der Waals surface area contributed by atoms with Crippen LogP contribution in [0.3, 0.4) is 0 Å². The summed E-state index contributed by atoms with van der Waals surface area (Å²) in [4.78, 5) is 27.3. The van der Waals surface area contributed by atoms with E-state index in [1.54, 1.807) is 20.8 Å². The van der Waals surface area contributed by atoms with Crippen molar-refractivity contribution >= 4 is 12.0 Å². The van der Waals surface area contributed by atoms with E-state index < -0.39 is 40.8 Å². The van der Waals surface area contributed by atoms with Crippen LogP contribution < -0.4 is 5.32 Å². The lowest BCUT2D eigenvalue weighted by atomic mass is 9.84. The van der Waals surface area contributed by atoms with Gasteiger partial charge < -0.3 is 10.1 Å². The van der Waals surface area contributed by atoms with Crippen molar-refractivity contribution in [3.8, 4) is 0 Å². The van der Waals surface area contributed by atoms with Crippen LogP contribution in [-0.2, 0) is 9.53 Å². The normalized spacial score (nSPS) is 28.5. The van der Waals surface area contributed by atoms with E-state index in [1.807, 2.05) is 0 Å². The molecule has 0 bridgehead atoms. The number of carbonyl (C=O) groups excluding carboxylic acids is 2. The van der Waals surface area contributed by atoms with Crippen LogP contribution in [0.2, 0.25) is 0 Å². The Balaban J connectivity index is 1.86. The molecule has 3 rings (SSSR count). The SMILES string of the molecule is CC(C)(C)OC(=O)N1C[C@@H](C2C=C(F)C=C(F)C2)NC(=O)C12CCCC2. The average molecular weight is 368 g/mol. The maximum absolute atomic E-state index is 13.7. The summed E-state index contributed by atoms with van der Waals surface area (Å²) in [6, 6.07) is -0.550. The molecule has 0 radical (unpaired) electrons. The Morgan fingerprint density at radius 3 is 2.54 bits per heavy atom. The molecular weight excluding hydrogens is 342 g/mol. The van der Waals surface area contributed by atoms with E-state index in [1.165, 1.54) is 11.0 Å². The van der Waals surface area contributed by atoms with Gasteiger partial charge in [0.15, 0.2) is 0 Å². The van der Waals surface area contributed by atoms with Crippen molar-refractivity contribution in [2.45, 2.75) is 70.1 Å². The van der Waals surface area contributed by atoms with Crippen molar-refractivity contribution < 1.29 is 23.1 Å². The van der Waals surface area contributed by atoms with Crippen LogP contribution in [0.1, 0.15) is 52.9 Å². The minimum absolute atomic E-state index is 0.00747. The standard InChI is InChI=1S/C19H26F2N2O3/c1-18(2,3)26-17(25)23-11-15(12-8-13(20)10-14(21)9-12)22-16(24)19(23)6-4-5-7-19/h8,10,12,15H,4-7,9,11H2,1-3H3,(H,22,24)/t12?,15-/m0/s1. The Kier molecular flexibility index (Phi) is 4.84. The highest BCUT2D eigenvalue weighted by atomic mass is 19.1. The van der Waals surface area contributed by atoms with Gasteiger partial charge in [0.25, 0.3) is 0 Å². The van der Waals surface area contributed by atoms with E-state index in [-0.39, 0.29) is 18.9 Å². The molecule has 2 fully saturated rings. The number of hydrogen-bond acceptors (Lipinski definition) is 3. The predicted molar refractivity (Wildman–Crippen MR) is 92.6 cm³/mol. The summed E-state index contributed by atoms with van der Waals surface area (Å²) in [5.74, 6) is -2.00. The highest BCUT2D eigenvalue weighted by Gasteiger charge is 2.54. The van der Waals surface area contributed by atoms with Crippen LogP contribution in [0.25, 0.3) is 0 Å². The fourth-order valence-corrected chi connectivity index (χ4v) is 4.11. The Morgan fingerprint density at radius 1 is 1.31 bits per heavy atom. The monoisotopic (exact) mass is 368 g/mol. The number of piperazine rings is 1. The predicted octanol–water partition coefficient (Wildman–Crippen LogP) is 3.76. The van der Waals surface area contributed by atoms with Gasteiger partial charge in [-0.1, -0.05) is 12.8 Å². The lowest BCUT2D eigenvalue weighted by Crippen LogP contribution is -2.69. The maximum Gasteiger partial charge on any atom is 0.411 e. The topological polar surface area (TPSA) is 58.6 Å². The molecule has 1 heterocycles. The van der Waals surface area contributed by atoms with Gasteiger partial charge in [0.1, 0.15) is 22.8 Å². The second-order valence-electron chi connectivity index (χ2n) is 8.42. The number of carbonyl (C=O) groups is 2. The van der Waals surface area contributed by atoms with E-state index in [2.05, 4.69) is 5.32 Å². The van der Waals surface area contributed by atoms with Crippen LogP contribution in [-0.4, -0.2) is 40.6 Å². The van der Waals surface area contributed by atoms with Gasteiger partial charge in [-0.2, -0.15) is 0 Å². The quantitative estimate of drug-likeness (QED) is 0.767. The van der Waals surface area contributed by atoms with E-state index in [0.29, 0.717) is 12.8 Å². The summed E-state index contributed by atoms with van der Waals surface area (Å²) in [6.07, 6.45) is 4.49. The van der Waals surface area contributed by atoms with Crippen molar-refractivity contribution in [3.05, 3.63) is 23.8 Å². The van der Waals surface area contributed by atoms with Crippen LogP contribution in [0.4, 0.5) is 13.6 Å². The molecule has 5 nitrogen and oxygen atoms in total. The highest BCUT2D eigenvalue weighted by molar-refractivity contribution is 5.92. The first-order valence-corrected chi connectivity index (χ1v) is 9.16. The number of amides is 2. The molecule has 1 N–H and O–H groups in total. The Bertz CT molecular complexity index is 660. The molecule has 2 atom stereocenters. The van der Waals surface area contributed by atoms with Crippen molar-refractivity contribution in [3.63, 3.8) is 0 Å². The van der Waals surface area contributed by atoms with Gasteiger partial charge in [-0.15, -0.1) is 0 Å². The number of ether oxygens (including phenoxy) is 1. The third-order valence-corrected chi connectivity index (χ3v) is 5.30. The van der Waals surface area contributed by atoms with Crippen LogP contribution >= 0.6 is 0 Å². The molecule has 26 heavy (non-hydrogen) atoms. The van der Waals surface area contributed by atoms with Gasteiger partial charge in [0.05, 0.1) is 6.04 Å². The Hall–Kier alpha value is -1.92. The molecule has 1 unspecified atom stereocenters. The van der Waals surface area contributed by atoms with Crippen molar-refractivity contribution in [1.29, 1.82) is 0 Å². The van der Waals surface area contributed by atoms with E-state index >= 15 is 0 Å². The lowest BCUT2D eigenvalue weighted by molar-refractivity contribution is -0.139. The largest absolute Gasteiger partial charge is 0.444 e. The molecule has 2 amide bonds. The summed E-state index contributed by atoms with van der Waals surface area (Å²) >= 11 is 0. The first-order valence-electron chi connectivity index (χ1n) is 9.16. The summed E-state index contributed by atoms with van der Waals surface area (Å²) < 4.78 is 32.8. The van der Waals surface area contributed by atoms with E-state index in [4.69, 9.17) is 4.74 Å². The number of allylic oxidation sites excluding steroid dienone is 3. The molecule has 1 spiro atoms. The van der Waals surface area contributed by atoms with Gasteiger partial charge in [-0.05, 0) is 39.7 Å². The smallest absolute Gasteiger partial charge is 0.411 e. The molecule has 0 aromatic heterocycles. The van der Waals surface area contributed by atoms with Gasteiger partial charge in [-0.25, -0.2) is 13.6 Å². The molecule has 0 aromatic rings. The fourth-order valence-electron chi connectivity index (χ4n) is 4.11. The molecule has 1 aliphatic heterocycles. The maximum atomic E-state index is 13.7. The summed E-state index contributed by atoms with van der Waals surface area (Å²) in [6.45, 7) is 5.50. The summed E-state index contributed by atoms with van der Waals surface area (Å²) in [5.41, 5.74) is -1.60. The first-order chi connectivity index (χ1) is 12.1. The molecule has 144 valence electrons. The number of nitrogens with zero attached hydrogens (tertiary/aromatic N) is 1. The molecule has 1 saturated heterocycles. The zero-order valence-electron chi connectivity index (χ0n) is 15.5. The lowest BCUT2D eigenvalue weighted by Gasteiger charge is -2.48. The number of nitrogens with one attached hydrogen (secondary N) is 1. The number of hydrogen-bond donors (Lipinski definition) is 1. The van der Waals surface area contributed by atoms with Gasteiger partial charge in [0.2, 0.25) is 5.91 Å². The molecule has 7 heteroatoms. The summed E-state index contributed by atoms with van der Waals surface area (Å²) in [5, 5.41) is 2.91. The minimum atomic E-state index is -0.913. The Morgan fingerprint density at radius 2 is 1.96 bits per heavy atom.